The molecule has 8 nitrogen and oxygen atoms in total. The second-order valence-electron chi connectivity index (χ2n) is 4.39. The summed E-state index contributed by atoms with van der Waals surface area (Å²) in [5.41, 5.74) is 7.50. The van der Waals surface area contributed by atoms with Crippen LogP contribution in [-0.2, 0) is 22.7 Å². The van der Waals surface area contributed by atoms with Gasteiger partial charge in [0.25, 0.3) is 0 Å². The summed E-state index contributed by atoms with van der Waals surface area (Å²) >= 11 is 0. The van der Waals surface area contributed by atoms with Crippen molar-refractivity contribution in [2.45, 2.75) is 20.0 Å². The van der Waals surface area contributed by atoms with Gasteiger partial charge in [0.1, 0.15) is 6.54 Å². The van der Waals surface area contributed by atoms with Gasteiger partial charge in [0.2, 0.25) is 11.8 Å². The second kappa shape index (κ2) is 6.62. The number of anilines is 2. The van der Waals surface area contributed by atoms with E-state index in [-0.39, 0.29) is 24.9 Å². The fourth-order valence-corrected chi connectivity index (χ4v) is 1.75. The van der Waals surface area contributed by atoms with Gasteiger partial charge in [-0.2, -0.15) is 0 Å². The topological polar surface area (TPSA) is 115 Å². The zero-order chi connectivity index (χ0) is 15.2. The summed E-state index contributed by atoms with van der Waals surface area (Å²) in [6, 6.07) is 6.82. The van der Waals surface area contributed by atoms with Gasteiger partial charge in [-0.25, -0.2) is 4.68 Å². The van der Waals surface area contributed by atoms with Crippen molar-refractivity contribution in [3.8, 4) is 0 Å². The van der Waals surface area contributed by atoms with Crippen LogP contribution in [0.25, 0.3) is 0 Å². The van der Waals surface area contributed by atoms with Gasteiger partial charge in [0.15, 0.2) is 0 Å². The Morgan fingerprint density at radius 2 is 1.81 bits per heavy atom. The maximum Gasteiger partial charge on any atom is 0.246 e. The average Bonchev–Trinajstić information content (AvgIpc) is 2.87. The lowest BCUT2D eigenvalue weighted by atomic mass is 10.2. The molecule has 1 aromatic heterocycles. The van der Waals surface area contributed by atoms with Crippen molar-refractivity contribution in [2.24, 2.45) is 5.73 Å². The fraction of sp³-hybridized carbons (Fsp3) is 0.231. The summed E-state index contributed by atoms with van der Waals surface area (Å²) in [5, 5.41) is 12.9. The lowest BCUT2D eigenvalue weighted by molar-refractivity contribution is -0.117. The van der Waals surface area contributed by atoms with Crippen molar-refractivity contribution >= 4 is 23.2 Å². The molecule has 21 heavy (non-hydrogen) atoms. The first kappa shape index (κ1) is 14.7. The SMILES string of the molecule is CC(=O)Nc1ccc(NC(=O)Cn2nncc2CN)cc1. The first-order chi connectivity index (χ1) is 10.1. The lowest BCUT2D eigenvalue weighted by Gasteiger charge is -2.08. The van der Waals surface area contributed by atoms with E-state index in [1.807, 2.05) is 0 Å². The molecule has 1 aromatic carbocycles. The third-order valence-corrected chi connectivity index (χ3v) is 2.69. The number of carbonyl (C=O) groups is 2. The Balaban J connectivity index is 1.95. The van der Waals surface area contributed by atoms with Crippen LogP contribution in [0.5, 0.6) is 0 Å². The number of benzene rings is 1. The predicted octanol–water partition coefficient (Wildman–Crippen LogP) is 0.334. The molecule has 2 aromatic rings. The Morgan fingerprint density at radius 3 is 2.38 bits per heavy atom. The van der Waals surface area contributed by atoms with E-state index in [1.54, 1.807) is 24.3 Å². The number of rotatable bonds is 5. The highest BCUT2D eigenvalue weighted by Crippen LogP contribution is 2.13. The summed E-state index contributed by atoms with van der Waals surface area (Å²) in [4.78, 5) is 22.8. The zero-order valence-corrected chi connectivity index (χ0v) is 11.5. The number of carbonyl (C=O) groups excluding carboxylic acids is 2. The molecule has 0 atom stereocenters. The minimum Gasteiger partial charge on any atom is -0.326 e. The highest BCUT2D eigenvalue weighted by Gasteiger charge is 2.08. The minimum atomic E-state index is -0.234. The molecule has 0 spiro atoms. The van der Waals surface area contributed by atoms with Crippen molar-refractivity contribution < 1.29 is 9.59 Å². The smallest absolute Gasteiger partial charge is 0.246 e. The molecule has 0 bridgehead atoms. The highest BCUT2D eigenvalue weighted by atomic mass is 16.2. The average molecular weight is 288 g/mol. The Labute approximate surface area is 121 Å². The van der Waals surface area contributed by atoms with E-state index in [0.29, 0.717) is 17.1 Å². The van der Waals surface area contributed by atoms with E-state index >= 15 is 0 Å². The van der Waals surface area contributed by atoms with Gasteiger partial charge < -0.3 is 16.4 Å². The lowest BCUT2D eigenvalue weighted by Crippen LogP contribution is -2.21. The maximum atomic E-state index is 11.9. The summed E-state index contributed by atoms with van der Waals surface area (Å²) in [7, 11) is 0. The number of nitrogens with one attached hydrogen (secondary N) is 2. The summed E-state index contributed by atoms with van der Waals surface area (Å²) < 4.78 is 1.45. The number of nitrogens with two attached hydrogens (primary N) is 1. The Kier molecular flexibility index (Phi) is 4.62. The van der Waals surface area contributed by atoms with Crippen LogP contribution in [0.1, 0.15) is 12.6 Å². The van der Waals surface area contributed by atoms with Gasteiger partial charge >= 0.3 is 0 Å². The van der Waals surface area contributed by atoms with Crippen LogP contribution in [0.3, 0.4) is 0 Å². The largest absolute Gasteiger partial charge is 0.326 e. The first-order valence-corrected chi connectivity index (χ1v) is 6.33. The van der Waals surface area contributed by atoms with Gasteiger partial charge in [-0.3, -0.25) is 9.59 Å². The van der Waals surface area contributed by atoms with Gasteiger partial charge in [-0.1, -0.05) is 5.21 Å². The number of aromatic nitrogens is 3. The van der Waals surface area contributed by atoms with Crippen LogP contribution in [0, 0.1) is 0 Å². The minimum absolute atomic E-state index is 0.0416. The van der Waals surface area contributed by atoms with E-state index in [1.165, 1.54) is 17.8 Å². The molecule has 1 heterocycles. The van der Waals surface area contributed by atoms with Gasteiger partial charge in [0, 0.05) is 24.8 Å². The van der Waals surface area contributed by atoms with Crippen molar-refractivity contribution in [1.29, 1.82) is 0 Å². The van der Waals surface area contributed by atoms with Gasteiger partial charge in [-0.15, -0.1) is 5.10 Å². The van der Waals surface area contributed by atoms with E-state index in [2.05, 4.69) is 20.9 Å². The van der Waals surface area contributed by atoms with Gasteiger partial charge in [0.05, 0.1) is 11.9 Å². The van der Waals surface area contributed by atoms with Crippen molar-refractivity contribution in [3.63, 3.8) is 0 Å². The molecule has 4 N–H and O–H groups in total. The van der Waals surface area contributed by atoms with Crippen molar-refractivity contribution in [1.82, 2.24) is 15.0 Å². The third kappa shape index (κ3) is 4.11. The molecule has 2 amide bonds. The molecule has 0 unspecified atom stereocenters. The highest BCUT2D eigenvalue weighted by molar-refractivity contribution is 5.92. The molecular formula is C13H16N6O2. The summed E-state index contributed by atoms with van der Waals surface area (Å²) in [6.07, 6.45) is 1.52. The standard InChI is InChI=1S/C13H16N6O2/c1-9(20)16-10-2-4-11(5-3-10)17-13(21)8-19-12(6-14)7-15-18-19/h2-5,7H,6,8,14H2,1H3,(H,16,20)(H,17,21). The van der Waals surface area contributed by atoms with Gasteiger partial charge in [-0.05, 0) is 24.3 Å². The molecular weight excluding hydrogens is 272 g/mol. The summed E-state index contributed by atoms with van der Waals surface area (Å²) in [5.74, 6) is -0.380. The Hall–Kier alpha value is -2.74. The molecule has 110 valence electrons. The number of hydrogen-bond donors (Lipinski definition) is 3. The predicted molar refractivity (Wildman–Crippen MR) is 77.3 cm³/mol. The van der Waals surface area contributed by atoms with Crippen LogP contribution >= 0.6 is 0 Å². The Morgan fingerprint density at radius 1 is 1.19 bits per heavy atom. The molecule has 0 aliphatic rings. The molecule has 0 radical (unpaired) electrons. The normalized spacial score (nSPS) is 10.2. The monoisotopic (exact) mass is 288 g/mol. The molecule has 2 rings (SSSR count). The molecule has 0 saturated carbocycles. The number of hydrogen-bond acceptors (Lipinski definition) is 5. The summed E-state index contributed by atoms with van der Waals surface area (Å²) in [6.45, 7) is 1.74. The first-order valence-electron chi connectivity index (χ1n) is 6.33. The van der Waals surface area contributed by atoms with Crippen molar-refractivity contribution in [2.75, 3.05) is 10.6 Å². The molecule has 0 aliphatic carbocycles. The zero-order valence-electron chi connectivity index (χ0n) is 11.5. The molecule has 0 aliphatic heterocycles. The third-order valence-electron chi connectivity index (χ3n) is 2.69. The quantitative estimate of drug-likeness (QED) is 0.733. The van der Waals surface area contributed by atoms with Crippen LogP contribution in [0.4, 0.5) is 11.4 Å². The van der Waals surface area contributed by atoms with Crippen LogP contribution in [0.2, 0.25) is 0 Å². The number of nitrogens with zero attached hydrogens (tertiary/aromatic N) is 3. The van der Waals surface area contributed by atoms with Crippen molar-refractivity contribution in [3.05, 3.63) is 36.2 Å². The van der Waals surface area contributed by atoms with E-state index in [4.69, 9.17) is 5.73 Å². The second-order valence-corrected chi connectivity index (χ2v) is 4.39. The maximum absolute atomic E-state index is 11.9. The fourth-order valence-electron chi connectivity index (χ4n) is 1.75. The molecule has 0 saturated heterocycles. The number of amides is 2. The molecule has 8 heteroatoms. The van der Waals surface area contributed by atoms with E-state index in [0.717, 1.165) is 0 Å². The van der Waals surface area contributed by atoms with Crippen LogP contribution in [0.15, 0.2) is 30.5 Å². The molecule has 0 fully saturated rings. The van der Waals surface area contributed by atoms with Crippen LogP contribution in [-0.4, -0.2) is 26.8 Å². The van der Waals surface area contributed by atoms with E-state index < -0.39 is 0 Å². The Bertz CT molecular complexity index is 634. The van der Waals surface area contributed by atoms with E-state index in [9.17, 15) is 9.59 Å². The van der Waals surface area contributed by atoms with Crippen LogP contribution < -0.4 is 16.4 Å².